The minimum Gasteiger partial charge on any atom is -0.457 e. The third kappa shape index (κ3) is 3.51. The Labute approximate surface area is 138 Å². The van der Waals surface area contributed by atoms with Gasteiger partial charge in [-0.15, -0.1) is 0 Å². The highest BCUT2D eigenvalue weighted by Gasteiger charge is 2.23. The minimum absolute atomic E-state index is 0.0442. The standard InChI is InChI=1S/C19H16F2N2O/c1-19(20,21)14-6-10-16(11-7-14)24-15-8-4-13(5-9-15)17-3-2-12-23-18(17)22/h2-12H,1H3,(H2,22,23). The van der Waals surface area contributed by atoms with Gasteiger partial charge in [-0.2, -0.15) is 0 Å². The fourth-order valence-electron chi connectivity index (χ4n) is 2.32. The molecule has 0 bridgehead atoms. The third-order valence-electron chi connectivity index (χ3n) is 3.60. The molecule has 1 aromatic heterocycles. The molecule has 122 valence electrons. The summed E-state index contributed by atoms with van der Waals surface area (Å²) in [4.78, 5) is 4.06. The van der Waals surface area contributed by atoms with Crippen molar-refractivity contribution in [3.05, 3.63) is 72.4 Å². The van der Waals surface area contributed by atoms with E-state index in [9.17, 15) is 8.78 Å². The maximum atomic E-state index is 13.2. The second kappa shape index (κ2) is 6.28. The molecule has 1 heterocycles. The summed E-state index contributed by atoms with van der Waals surface area (Å²) in [6, 6.07) is 16.8. The lowest BCUT2D eigenvalue weighted by Crippen LogP contribution is -2.06. The van der Waals surface area contributed by atoms with Crippen molar-refractivity contribution >= 4 is 5.82 Å². The first-order valence-corrected chi connectivity index (χ1v) is 7.40. The van der Waals surface area contributed by atoms with E-state index >= 15 is 0 Å². The van der Waals surface area contributed by atoms with Crippen molar-refractivity contribution in [3.8, 4) is 22.6 Å². The molecule has 0 unspecified atom stereocenters. The van der Waals surface area contributed by atoms with Crippen LogP contribution < -0.4 is 10.5 Å². The first-order chi connectivity index (χ1) is 11.4. The van der Waals surface area contributed by atoms with Gasteiger partial charge in [0.05, 0.1) is 0 Å². The second-order valence-corrected chi connectivity index (χ2v) is 5.48. The Bertz CT molecular complexity index is 825. The van der Waals surface area contributed by atoms with Crippen molar-refractivity contribution < 1.29 is 13.5 Å². The summed E-state index contributed by atoms with van der Waals surface area (Å²) in [6.07, 6.45) is 1.64. The third-order valence-corrected chi connectivity index (χ3v) is 3.60. The Morgan fingerprint density at radius 2 is 1.50 bits per heavy atom. The molecule has 3 rings (SSSR count). The topological polar surface area (TPSA) is 48.1 Å². The number of hydrogen-bond acceptors (Lipinski definition) is 3. The van der Waals surface area contributed by atoms with Crippen LogP contribution in [0.4, 0.5) is 14.6 Å². The first-order valence-electron chi connectivity index (χ1n) is 7.40. The maximum absolute atomic E-state index is 13.2. The van der Waals surface area contributed by atoms with E-state index in [1.807, 2.05) is 24.3 Å². The van der Waals surface area contributed by atoms with Gasteiger partial charge in [0.25, 0.3) is 5.92 Å². The number of halogens is 2. The fraction of sp³-hybridized carbons (Fsp3) is 0.105. The van der Waals surface area contributed by atoms with Gasteiger partial charge in [-0.25, -0.2) is 13.8 Å². The highest BCUT2D eigenvalue weighted by Crippen LogP contribution is 2.31. The van der Waals surface area contributed by atoms with Crippen LogP contribution >= 0.6 is 0 Å². The van der Waals surface area contributed by atoms with E-state index in [-0.39, 0.29) is 5.56 Å². The molecule has 0 fully saturated rings. The van der Waals surface area contributed by atoms with Crippen LogP contribution in [0.25, 0.3) is 11.1 Å². The lowest BCUT2D eigenvalue weighted by Gasteiger charge is -2.12. The number of anilines is 1. The zero-order chi connectivity index (χ0) is 17.2. The van der Waals surface area contributed by atoms with Crippen LogP contribution in [0.2, 0.25) is 0 Å². The van der Waals surface area contributed by atoms with Gasteiger partial charge in [-0.3, -0.25) is 0 Å². The number of hydrogen-bond donors (Lipinski definition) is 1. The average Bonchev–Trinajstić information content (AvgIpc) is 2.56. The molecule has 5 heteroatoms. The van der Waals surface area contributed by atoms with Crippen molar-refractivity contribution in [2.45, 2.75) is 12.8 Å². The normalized spacial score (nSPS) is 11.3. The molecule has 0 atom stereocenters. The van der Waals surface area contributed by atoms with Crippen molar-refractivity contribution in [3.63, 3.8) is 0 Å². The Hall–Kier alpha value is -2.95. The van der Waals surface area contributed by atoms with Crippen LogP contribution in [-0.2, 0) is 5.92 Å². The highest BCUT2D eigenvalue weighted by atomic mass is 19.3. The molecule has 0 saturated heterocycles. The van der Waals surface area contributed by atoms with Crippen molar-refractivity contribution in [1.29, 1.82) is 0 Å². The summed E-state index contributed by atoms with van der Waals surface area (Å²) < 4.78 is 32.1. The molecule has 2 aromatic carbocycles. The number of nitrogen functional groups attached to an aromatic ring is 1. The van der Waals surface area contributed by atoms with Crippen LogP contribution in [0, 0.1) is 0 Å². The monoisotopic (exact) mass is 326 g/mol. The number of ether oxygens (including phenoxy) is 1. The van der Waals surface area contributed by atoms with Gasteiger partial charge in [0.1, 0.15) is 17.3 Å². The van der Waals surface area contributed by atoms with E-state index in [0.29, 0.717) is 17.3 Å². The SMILES string of the molecule is CC(F)(F)c1ccc(Oc2ccc(-c3cccnc3N)cc2)cc1. The molecule has 0 spiro atoms. The van der Waals surface area contributed by atoms with Gasteiger partial charge in [0.15, 0.2) is 0 Å². The van der Waals surface area contributed by atoms with Gasteiger partial charge >= 0.3 is 0 Å². The molecular weight excluding hydrogens is 310 g/mol. The number of benzene rings is 2. The number of aromatic nitrogens is 1. The molecule has 3 nitrogen and oxygen atoms in total. The second-order valence-electron chi connectivity index (χ2n) is 5.48. The number of nitrogens with two attached hydrogens (primary N) is 1. The number of alkyl halides is 2. The quantitative estimate of drug-likeness (QED) is 0.713. The van der Waals surface area contributed by atoms with Gasteiger partial charge in [0, 0.05) is 24.2 Å². The maximum Gasteiger partial charge on any atom is 0.270 e. The Morgan fingerprint density at radius 1 is 0.917 bits per heavy atom. The largest absolute Gasteiger partial charge is 0.457 e. The molecule has 0 saturated carbocycles. The van der Waals surface area contributed by atoms with Crippen molar-refractivity contribution in [1.82, 2.24) is 4.98 Å². The Kier molecular flexibility index (Phi) is 4.16. The highest BCUT2D eigenvalue weighted by molar-refractivity contribution is 5.73. The lowest BCUT2D eigenvalue weighted by atomic mass is 10.1. The van der Waals surface area contributed by atoms with E-state index in [2.05, 4.69) is 4.98 Å². The zero-order valence-corrected chi connectivity index (χ0v) is 13.0. The summed E-state index contributed by atoms with van der Waals surface area (Å²) in [5, 5.41) is 0. The van der Waals surface area contributed by atoms with E-state index in [1.165, 1.54) is 24.3 Å². The summed E-state index contributed by atoms with van der Waals surface area (Å²) in [5.41, 5.74) is 7.59. The molecule has 0 radical (unpaired) electrons. The summed E-state index contributed by atoms with van der Waals surface area (Å²) >= 11 is 0. The van der Waals surface area contributed by atoms with E-state index in [1.54, 1.807) is 18.3 Å². The minimum atomic E-state index is -2.86. The van der Waals surface area contributed by atoms with Gasteiger partial charge < -0.3 is 10.5 Å². The lowest BCUT2D eigenvalue weighted by molar-refractivity contribution is 0.0174. The Morgan fingerprint density at radius 3 is 2.04 bits per heavy atom. The predicted octanol–water partition coefficient (Wildman–Crippen LogP) is 5.23. The van der Waals surface area contributed by atoms with Crippen molar-refractivity contribution in [2.24, 2.45) is 0 Å². The first kappa shape index (κ1) is 15.9. The van der Waals surface area contributed by atoms with E-state index < -0.39 is 5.92 Å². The smallest absolute Gasteiger partial charge is 0.270 e. The van der Waals surface area contributed by atoms with Crippen LogP contribution in [0.15, 0.2) is 66.9 Å². The molecule has 0 aliphatic carbocycles. The zero-order valence-electron chi connectivity index (χ0n) is 13.0. The van der Waals surface area contributed by atoms with Crippen LogP contribution in [0.3, 0.4) is 0 Å². The summed E-state index contributed by atoms with van der Waals surface area (Å²) in [5.74, 6) is -1.29. The molecule has 0 amide bonds. The van der Waals surface area contributed by atoms with Crippen LogP contribution in [-0.4, -0.2) is 4.98 Å². The molecule has 0 aliphatic heterocycles. The van der Waals surface area contributed by atoms with E-state index in [0.717, 1.165) is 18.1 Å². The van der Waals surface area contributed by atoms with Crippen molar-refractivity contribution in [2.75, 3.05) is 5.73 Å². The van der Waals surface area contributed by atoms with Gasteiger partial charge in [-0.1, -0.05) is 12.1 Å². The number of nitrogens with zero attached hydrogens (tertiary/aromatic N) is 1. The van der Waals surface area contributed by atoms with Crippen LogP contribution in [0.1, 0.15) is 12.5 Å². The Balaban J connectivity index is 1.76. The van der Waals surface area contributed by atoms with Crippen LogP contribution in [0.5, 0.6) is 11.5 Å². The average molecular weight is 326 g/mol. The summed E-state index contributed by atoms with van der Waals surface area (Å²) in [7, 11) is 0. The molecule has 2 N–H and O–H groups in total. The fourth-order valence-corrected chi connectivity index (χ4v) is 2.32. The summed E-state index contributed by atoms with van der Waals surface area (Å²) in [6.45, 7) is 0.867. The van der Waals surface area contributed by atoms with Gasteiger partial charge in [0.2, 0.25) is 0 Å². The van der Waals surface area contributed by atoms with E-state index in [4.69, 9.17) is 10.5 Å². The van der Waals surface area contributed by atoms with Gasteiger partial charge in [-0.05, 0) is 54.1 Å². The molecule has 0 aliphatic rings. The number of pyridine rings is 1. The number of rotatable bonds is 4. The molecular formula is C19H16F2N2O. The molecule has 24 heavy (non-hydrogen) atoms. The predicted molar refractivity (Wildman–Crippen MR) is 90.2 cm³/mol. The molecule has 3 aromatic rings.